The van der Waals surface area contributed by atoms with Gasteiger partial charge in [-0.15, -0.1) is 0 Å². The largest absolute Gasteiger partial charge is 0.465 e. The van der Waals surface area contributed by atoms with E-state index in [4.69, 9.17) is 28.4 Å². The molecule has 12 heteroatoms. The lowest BCUT2D eigenvalue weighted by atomic mass is 9.47. The maximum Gasteiger partial charge on any atom is 0.331 e. The summed E-state index contributed by atoms with van der Waals surface area (Å²) in [5, 5.41) is 12.3. The normalized spacial score (nSPS) is 35.2. The Labute approximate surface area is 255 Å². The molecule has 1 heterocycles. The van der Waals surface area contributed by atoms with Gasteiger partial charge in [-0.2, -0.15) is 0 Å². The molecule has 0 radical (unpaired) electrons. The van der Waals surface area contributed by atoms with E-state index in [0.717, 1.165) is 20.8 Å². The van der Waals surface area contributed by atoms with Gasteiger partial charge in [-0.1, -0.05) is 30.3 Å². The molecule has 2 bridgehead atoms. The summed E-state index contributed by atoms with van der Waals surface area (Å²) in [7, 11) is 0. The fourth-order valence-corrected chi connectivity index (χ4v) is 7.45. The summed E-state index contributed by atoms with van der Waals surface area (Å²) in [4.78, 5) is 63.4. The molecule has 2 saturated carbocycles. The van der Waals surface area contributed by atoms with Crippen molar-refractivity contribution < 1.29 is 57.5 Å². The SMILES string of the molecule is CC(=O)OC[C@]12[C@H](OC(C)=O)[C@@H](OC(C)=O)[C@@H]3C[C@]1(OC3(C)C)[C@@](C)(O)C[C@H](OC(C)=O)[C@@H]2OC(=O)/C=C/c1ccccc1. The smallest absolute Gasteiger partial charge is 0.331 e. The van der Waals surface area contributed by atoms with Crippen LogP contribution in [0.1, 0.15) is 66.9 Å². The van der Waals surface area contributed by atoms with Crippen molar-refractivity contribution in [2.75, 3.05) is 6.61 Å². The van der Waals surface area contributed by atoms with E-state index in [1.165, 1.54) is 26.0 Å². The van der Waals surface area contributed by atoms with E-state index in [0.29, 0.717) is 5.56 Å². The quantitative estimate of drug-likeness (QED) is 0.259. The van der Waals surface area contributed by atoms with Gasteiger partial charge in [0.15, 0.2) is 12.2 Å². The third-order valence-corrected chi connectivity index (χ3v) is 8.99. The number of rotatable bonds is 8. The van der Waals surface area contributed by atoms with E-state index in [-0.39, 0.29) is 12.8 Å². The Bertz CT molecular complexity index is 1330. The van der Waals surface area contributed by atoms with E-state index < -0.39 is 89.0 Å². The van der Waals surface area contributed by atoms with E-state index >= 15 is 0 Å². The van der Waals surface area contributed by atoms with Crippen molar-refractivity contribution in [3.63, 3.8) is 0 Å². The van der Waals surface area contributed by atoms with E-state index in [1.54, 1.807) is 38.1 Å². The second-order valence-electron chi connectivity index (χ2n) is 12.5. The molecule has 1 aliphatic heterocycles. The maximum atomic E-state index is 13.5. The van der Waals surface area contributed by atoms with Gasteiger partial charge in [0.1, 0.15) is 29.8 Å². The zero-order chi connectivity index (χ0) is 32.7. The summed E-state index contributed by atoms with van der Waals surface area (Å²) >= 11 is 0. The van der Waals surface area contributed by atoms with Crippen LogP contribution in [-0.2, 0) is 52.4 Å². The number of ether oxygens (including phenoxy) is 6. The van der Waals surface area contributed by atoms with Crippen LogP contribution in [0.15, 0.2) is 36.4 Å². The summed E-state index contributed by atoms with van der Waals surface area (Å²) in [6, 6.07) is 8.95. The lowest BCUT2D eigenvalue weighted by molar-refractivity contribution is -0.344. The van der Waals surface area contributed by atoms with E-state index in [1.807, 2.05) is 6.07 Å². The molecule has 12 nitrogen and oxygen atoms in total. The standard InChI is InChI=1S/C32H40O12/c1-18(33)39-17-31-27(43-25(37)14-13-22-11-9-8-10-12-22)24(40-19(2)34)16-30(7,38)32(31)15-23(29(5,6)44-32)26(41-20(3)35)28(31)42-21(4)36/h8-14,23-24,26-28,38H,15-17H2,1-7H3/b14-13+/t23-,24-,26-,27-,28+,30-,31-,32-/m0/s1. The van der Waals surface area contributed by atoms with Gasteiger partial charge in [-0.05, 0) is 38.8 Å². The van der Waals surface area contributed by atoms with Crippen molar-refractivity contribution in [3.8, 4) is 0 Å². The first-order chi connectivity index (χ1) is 20.5. The highest BCUT2D eigenvalue weighted by Gasteiger charge is 2.84. The lowest BCUT2D eigenvalue weighted by Crippen LogP contribution is -2.81. The zero-order valence-corrected chi connectivity index (χ0v) is 26.0. The molecular formula is C32H40O12. The summed E-state index contributed by atoms with van der Waals surface area (Å²) in [5.41, 5.74) is -5.87. The van der Waals surface area contributed by atoms with Gasteiger partial charge >= 0.3 is 29.8 Å². The predicted octanol–water partition coefficient (Wildman–Crippen LogP) is 2.68. The van der Waals surface area contributed by atoms with Gasteiger partial charge in [0.2, 0.25) is 0 Å². The molecule has 1 saturated heterocycles. The van der Waals surface area contributed by atoms with Gasteiger partial charge in [0.25, 0.3) is 0 Å². The Morgan fingerprint density at radius 2 is 1.45 bits per heavy atom. The molecule has 1 aromatic rings. The summed E-state index contributed by atoms with van der Waals surface area (Å²) in [5.74, 6) is -4.43. The van der Waals surface area contributed by atoms with Crippen molar-refractivity contribution >= 4 is 35.9 Å². The predicted molar refractivity (Wildman–Crippen MR) is 152 cm³/mol. The number of fused-ring (bicyclic) bond motifs is 1. The van der Waals surface area contributed by atoms with Gasteiger partial charge in [0.05, 0.1) is 11.2 Å². The molecule has 0 amide bonds. The Morgan fingerprint density at radius 1 is 0.841 bits per heavy atom. The van der Waals surface area contributed by atoms with Crippen LogP contribution in [0.2, 0.25) is 0 Å². The third-order valence-electron chi connectivity index (χ3n) is 8.99. The fraction of sp³-hybridized carbons (Fsp3) is 0.594. The molecule has 44 heavy (non-hydrogen) atoms. The minimum Gasteiger partial charge on any atom is -0.465 e. The number of carbonyl (C=O) groups excluding carboxylic acids is 5. The average Bonchev–Trinajstić information content (AvgIpc) is 3.17. The first-order valence-corrected chi connectivity index (χ1v) is 14.5. The Balaban J connectivity index is 1.99. The summed E-state index contributed by atoms with van der Waals surface area (Å²) in [6.07, 6.45) is -3.03. The van der Waals surface area contributed by atoms with Crippen molar-refractivity contribution in [1.82, 2.24) is 0 Å². The molecule has 1 N–H and O–H groups in total. The number of benzene rings is 1. The number of carbonyl (C=O) groups is 5. The molecule has 3 fully saturated rings. The minimum absolute atomic E-state index is 0.0324. The Kier molecular flexibility index (Phi) is 9.01. The average molecular weight is 617 g/mol. The van der Waals surface area contributed by atoms with Crippen LogP contribution in [0.5, 0.6) is 0 Å². The van der Waals surface area contributed by atoms with E-state index in [2.05, 4.69) is 0 Å². The Hall–Kier alpha value is -3.77. The summed E-state index contributed by atoms with van der Waals surface area (Å²) < 4.78 is 35.8. The molecule has 1 aromatic carbocycles. The van der Waals surface area contributed by atoms with Crippen LogP contribution >= 0.6 is 0 Å². The molecule has 1 spiro atoms. The van der Waals surface area contributed by atoms with Gasteiger partial charge < -0.3 is 33.5 Å². The number of esters is 5. The van der Waals surface area contributed by atoms with Gasteiger partial charge in [-0.25, -0.2) is 4.79 Å². The van der Waals surface area contributed by atoms with Gasteiger partial charge in [0, 0.05) is 46.1 Å². The molecule has 8 atom stereocenters. The number of hydrogen-bond acceptors (Lipinski definition) is 12. The highest BCUT2D eigenvalue weighted by Crippen LogP contribution is 2.68. The Morgan fingerprint density at radius 3 is 2.02 bits per heavy atom. The molecular weight excluding hydrogens is 576 g/mol. The molecule has 3 aliphatic rings. The van der Waals surface area contributed by atoms with Crippen LogP contribution in [-0.4, -0.2) is 82.8 Å². The highest BCUT2D eigenvalue weighted by atomic mass is 16.6. The summed E-state index contributed by atoms with van der Waals surface area (Å²) in [6.45, 7) is 9.01. The monoisotopic (exact) mass is 616 g/mol. The molecule has 4 rings (SSSR count). The highest BCUT2D eigenvalue weighted by molar-refractivity contribution is 5.87. The molecule has 0 unspecified atom stereocenters. The van der Waals surface area contributed by atoms with E-state index in [9.17, 15) is 29.1 Å². The first kappa shape index (κ1) is 33.1. The van der Waals surface area contributed by atoms with Crippen molar-refractivity contribution in [1.29, 1.82) is 0 Å². The van der Waals surface area contributed by atoms with Crippen LogP contribution in [0.3, 0.4) is 0 Å². The van der Waals surface area contributed by atoms with Gasteiger partial charge in [-0.3, -0.25) is 19.2 Å². The number of aliphatic hydroxyl groups is 1. The zero-order valence-electron chi connectivity index (χ0n) is 26.0. The first-order valence-electron chi connectivity index (χ1n) is 14.5. The van der Waals surface area contributed by atoms with Crippen molar-refractivity contribution in [2.24, 2.45) is 11.3 Å². The van der Waals surface area contributed by atoms with Crippen molar-refractivity contribution in [3.05, 3.63) is 42.0 Å². The second-order valence-corrected chi connectivity index (χ2v) is 12.5. The van der Waals surface area contributed by atoms with Crippen LogP contribution < -0.4 is 0 Å². The van der Waals surface area contributed by atoms with Crippen LogP contribution in [0, 0.1) is 11.3 Å². The third kappa shape index (κ3) is 5.84. The second kappa shape index (κ2) is 12.0. The number of hydrogen-bond donors (Lipinski definition) is 1. The maximum absolute atomic E-state index is 13.5. The molecule has 240 valence electrons. The van der Waals surface area contributed by atoms with Crippen LogP contribution in [0.25, 0.3) is 6.08 Å². The minimum atomic E-state index is -1.94. The molecule has 0 aromatic heterocycles. The lowest BCUT2D eigenvalue weighted by Gasteiger charge is -2.65. The topological polar surface area (TPSA) is 161 Å². The fourth-order valence-electron chi connectivity index (χ4n) is 7.45. The van der Waals surface area contributed by atoms with Crippen molar-refractivity contribution in [2.45, 2.75) is 103 Å². The molecule has 2 aliphatic carbocycles. The van der Waals surface area contributed by atoms with Crippen LogP contribution in [0.4, 0.5) is 0 Å².